The molecule has 0 amide bonds. The van der Waals surface area contributed by atoms with Gasteiger partial charge in [-0.2, -0.15) is 0 Å². The lowest BCUT2D eigenvalue weighted by Crippen LogP contribution is -2.36. The monoisotopic (exact) mass is 262 g/mol. The summed E-state index contributed by atoms with van der Waals surface area (Å²) in [6, 6.07) is 2.01. The summed E-state index contributed by atoms with van der Waals surface area (Å²) in [5.74, 6) is -0.0380. The number of anilines is 1. The van der Waals surface area contributed by atoms with E-state index in [4.69, 9.17) is 0 Å². The lowest BCUT2D eigenvalue weighted by molar-refractivity contribution is 0.0697. The fraction of sp³-hybridized carbons (Fsp3) is 0.600. The van der Waals surface area contributed by atoms with Crippen LogP contribution in [0.3, 0.4) is 0 Å². The van der Waals surface area contributed by atoms with Gasteiger partial charge in [0.25, 0.3) is 0 Å². The molecular weight excluding hydrogens is 240 g/mol. The van der Waals surface area contributed by atoms with E-state index in [1.165, 1.54) is 25.5 Å². The number of carbonyl (C=O) groups is 1. The van der Waals surface area contributed by atoms with E-state index in [9.17, 15) is 9.90 Å². The van der Waals surface area contributed by atoms with Crippen molar-refractivity contribution in [3.63, 3.8) is 0 Å². The summed E-state index contributed by atoms with van der Waals surface area (Å²) < 4.78 is 0. The average Bonchev–Trinajstić information content (AvgIpc) is 2.46. The lowest BCUT2D eigenvalue weighted by atomic mass is 9.84. The summed E-state index contributed by atoms with van der Waals surface area (Å²) in [6.07, 6.45) is 9.22. The molecule has 0 unspecified atom stereocenters. The molecule has 1 aliphatic carbocycles. The largest absolute Gasteiger partial charge is 0.478 e. The van der Waals surface area contributed by atoms with Crippen molar-refractivity contribution in [2.24, 2.45) is 5.92 Å². The van der Waals surface area contributed by atoms with Crippen LogP contribution in [-0.2, 0) is 0 Å². The summed E-state index contributed by atoms with van der Waals surface area (Å²) in [5, 5.41) is 9.24. The minimum atomic E-state index is -0.883. The van der Waals surface area contributed by atoms with Gasteiger partial charge in [-0.05, 0) is 37.7 Å². The Kier molecular flexibility index (Phi) is 4.40. The third kappa shape index (κ3) is 3.06. The van der Waals surface area contributed by atoms with Crippen molar-refractivity contribution < 1.29 is 9.90 Å². The first-order chi connectivity index (χ1) is 9.13. The first-order valence-corrected chi connectivity index (χ1v) is 7.03. The van der Waals surface area contributed by atoms with Gasteiger partial charge in [-0.1, -0.05) is 13.3 Å². The van der Waals surface area contributed by atoms with Gasteiger partial charge in [0, 0.05) is 19.3 Å². The van der Waals surface area contributed by atoms with Crippen molar-refractivity contribution in [2.45, 2.75) is 45.1 Å². The highest BCUT2D eigenvalue weighted by atomic mass is 16.4. The number of nitrogens with zero attached hydrogens (tertiary/aromatic N) is 2. The number of hydrogen-bond donors (Lipinski definition) is 1. The number of aromatic carboxylic acids is 1. The fourth-order valence-corrected chi connectivity index (χ4v) is 2.99. The highest BCUT2D eigenvalue weighted by Crippen LogP contribution is 2.32. The number of pyridine rings is 1. The SMILES string of the molecule is CCC1CCC(N(C)c2cnccc2C(=O)O)CC1. The molecular formula is C15H22N2O2. The third-order valence-electron chi connectivity index (χ3n) is 4.35. The van der Waals surface area contributed by atoms with Crippen molar-refractivity contribution >= 4 is 11.7 Å². The number of carboxylic acids is 1. The van der Waals surface area contributed by atoms with Gasteiger partial charge >= 0.3 is 5.97 Å². The highest BCUT2D eigenvalue weighted by molar-refractivity contribution is 5.94. The molecule has 1 aromatic heterocycles. The molecule has 0 aromatic carbocycles. The molecule has 1 fully saturated rings. The van der Waals surface area contributed by atoms with Crippen LogP contribution >= 0.6 is 0 Å². The first-order valence-electron chi connectivity index (χ1n) is 7.03. The number of rotatable bonds is 4. The summed E-state index contributed by atoms with van der Waals surface area (Å²) in [6.45, 7) is 2.25. The molecule has 4 nitrogen and oxygen atoms in total. The van der Waals surface area contributed by atoms with E-state index in [-0.39, 0.29) is 0 Å². The third-order valence-corrected chi connectivity index (χ3v) is 4.35. The number of carboxylic acid groups (broad SMARTS) is 1. The normalized spacial score (nSPS) is 23.1. The minimum Gasteiger partial charge on any atom is -0.478 e. The Morgan fingerprint density at radius 3 is 2.68 bits per heavy atom. The summed E-state index contributed by atoms with van der Waals surface area (Å²) >= 11 is 0. The summed E-state index contributed by atoms with van der Waals surface area (Å²) in [7, 11) is 1.99. The Morgan fingerprint density at radius 2 is 2.11 bits per heavy atom. The zero-order chi connectivity index (χ0) is 13.8. The molecule has 1 aliphatic rings. The predicted octanol–water partition coefficient (Wildman–Crippen LogP) is 3.18. The van der Waals surface area contributed by atoms with E-state index in [1.54, 1.807) is 12.3 Å². The van der Waals surface area contributed by atoms with Crippen molar-refractivity contribution in [2.75, 3.05) is 11.9 Å². The Labute approximate surface area is 114 Å². The molecule has 0 bridgehead atoms. The maximum Gasteiger partial charge on any atom is 0.337 e. The average molecular weight is 262 g/mol. The van der Waals surface area contributed by atoms with E-state index in [0.717, 1.165) is 24.4 Å². The molecule has 1 N–H and O–H groups in total. The smallest absolute Gasteiger partial charge is 0.337 e. The molecule has 1 aromatic rings. The number of hydrogen-bond acceptors (Lipinski definition) is 3. The van der Waals surface area contributed by atoms with Gasteiger partial charge in [0.05, 0.1) is 17.4 Å². The van der Waals surface area contributed by atoms with Crippen LogP contribution in [0.5, 0.6) is 0 Å². The van der Waals surface area contributed by atoms with Crippen LogP contribution < -0.4 is 4.90 Å². The second kappa shape index (κ2) is 6.04. The van der Waals surface area contributed by atoms with Crippen LogP contribution in [0.25, 0.3) is 0 Å². The van der Waals surface area contributed by atoms with Crippen molar-refractivity contribution in [3.05, 3.63) is 24.0 Å². The van der Waals surface area contributed by atoms with Crippen LogP contribution in [0.2, 0.25) is 0 Å². The molecule has 2 rings (SSSR count). The van der Waals surface area contributed by atoms with Crippen LogP contribution in [0, 0.1) is 5.92 Å². The molecule has 1 heterocycles. The van der Waals surface area contributed by atoms with Crippen molar-refractivity contribution in [1.29, 1.82) is 0 Å². The molecule has 0 spiro atoms. The van der Waals surface area contributed by atoms with Gasteiger partial charge in [-0.25, -0.2) is 4.79 Å². The molecule has 104 valence electrons. The number of aromatic nitrogens is 1. The lowest BCUT2D eigenvalue weighted by Gasteiger charge is -2.36. The van der Waals surface area contributed by atoms with Gasteiger partial charge in [0.15, 0.2) is 0 Å². The second-order valence-corrected chi connectivity index (χ2v) is 5.39. The standard InChI is InChI=1S/C15H22N2O2/c1-3-11-4-6-12(7-5-11)17(2)14-10-16-9-8-13(14)15(18)19/h8-12H,3-7H2,1-2H3,(H,18,19). The maximum absolute atomic E-state index is 11.3. The highest BCUT2D eigenvalue weighted by Gasteiger charge is 2.25. The minimum absolute atomic E-state index is 0.343. The molecule has 0 atom stereocenters. The van der Waals surface area contributed by atoms with Gasteiger partial charge in [-0.15, -0.1) is 0 Å². The van der Waals surface area contributed by atoms with E-state index in [0.29, 0.717) is 11.6 Å². The van der Waals surface area contributed by atoms with E-state index in [1.807, 2.05) is 7.05 Å². The first kappa shape index (κ1) is 13.8. The molecule has 0 radical (unpaired) electrons. The van der Waals surface area contributed by atoms with E-state index >= 15 is 0 Å². The zero-order valence-corrected chi connectivity index (χ0v) is 11.7. The molecule has 0 aliphatic heterocycles. The van der Waals surface area contributed by atoms with Crippen LogP contribution in [0.1, 0.15) is 49.4 Å². The molecule has 1 saturated carbocycles. The Bertz CT molecular complexity index is 440. The van der Waals surface area contributed by atoms with Gasteiger partial charge in [-0.3, -0.25) is 4.98 Å². The predicted molar refractivity (Wildman–Crippen MR) is 75.6 cm³/mol. The van der Waals surface area contributed by atoms with E-state index < -0.39 is 5.97 Å². The maximum atomic E-state index is 11.3. The van der Waals surface area contributed by atoms with Gasteiger partial charge in [0.2, 0.25) is 0 Å². The summed E-state index contributed by atoms with van der Waals surface area (Å²) in [5.41, 5.74) is 1.07. The van der Waals surface area contributed by atoms with Crippen LogP contribution in [0.4, 0.5) is 5.69 Å². The quantitative estimate of drug-likeness (QED) is 0.905. The van der Waals surface area contributed by atoms with Crippen LogP contribution in [-0.4, -0.2) is 29.1 Å². The van der Waals surface area contributed by atoms with Crippen LogP contribution in [0.15, 0.2) is 18.5 Å². The van der Waals surface area contributed by atoms with Gasteiger partial charge in [0.1, 0.15) is 0 Å². The second-order valence-electron chi connectivity index (χ2n) is 5.39. The molecule has 4 heteroatoms. The zero-order valence-electron chi connectivity index (χ0n) is 11.7. The molecule has 0 saturated heterocycles. The van der Waals surface area contributed by atoms with E-state index in [2.05, 4.69) is 16.8 Å². The van der Waals surface area contributed by atoms with Crippen molar-refractivity contribution in [1.82, 2.24) is 4.98 Å². The Hall–Kier alpha value is -1.58. The Balaban J connectivity index is 2.12. The van der Waals surface area contributed by atoms with Gasteiger partial charge < -0.3 is 10.0 Å². The molecule has 19 heavy (non-hydrogen) atoms. The summed E-state index contributed by atoms with van der Waals surface area (Å²) in [4.78, 5) is 17.4. The van der Waals surface area contributed by atoms with Crippen molar-refractivity contribution in [3.8, 4) is 0 Å². The Morgan fingerprint density at radius 1 is 1.42 bits per heavy atom. The fourth-order valence-electron chi connectivity index (χ4n) is 2.99. The topological polar surface area (TPSA) is 53.4 Å².